The summed E-state index contributed by atoms with van der Waals surface area (Å²) < 4.78 is 1.53. The molecule has 128 valence electrons. The first-order chi connectivity index (χ1) is 11.5. The lowest BCUT2D eigenvalue weighted by Crippen LogP contribution is -2.50. The fourth-order valence-electron chi connectivity index (χ4n) is 3.14. The van der Waals surface area contributed by atoms with E-state index in [4.69, 9.17) is 16.6 Å². The Hall–Kier alpha value is -2.75. The van der Waals surface area contributed by atoms with Gasteiger partial charge in [-0.15, -0.1) is 0 Å². The molecular weight excluding hydrogens is 314 g/mol. The molecule has 0 radical (unpaired) electrons. The van der Waals surface area contributed by atoms with Crippen molar-refractivity contribution in [2.45, 2.75) is 37.9 Å². The summed E-state index contributed by atoms with van der Waals surface area (Å²) in [5.41, 5.74) is 12.6. The second-order valence-electron chi connectivity index (χ2n) is 5.88. The first kappa shape index (κ1) is 16.1. The predicted octanol–water partition coefficient (Wildman–Crippen LogP) is -0.798. The number of aliphatic carboxylic acids is 1. The summed E-state index contributed by atoms with van der Waals surface area (Å²) in [5, 5.41) is 9.12. The van der Waals surface area contributed by atoms with Gasteiger partial charge < -0.3 is 26.0 Å². The van der Waals surface area contributed by atoms with Crippen LogP contribution in [0, 0.1) is 0 Å². The van der Waals surface area contributed by atoms with Crippen LogP contribution in [0.5, 0.6) is 0 Å². The summed E-state index contributed by atoms with van der Waals surface area (Å²) in [5.74, 6) is -1.17. The summed E-state index contributed by atoms with van der Waals surface area (Å²) in [6.45, 7) is -0.454. The van der Waals surface area contributed by atoms with E-state index in [9.17, 15) is 9.59 Å². The van der Waals surface area contributed by atoms with Crippen molar-refractivity contribution < 1.29 is 14.7 Å². The maximum Gasteiger partial charge on any atom is 0.323 e. The van der Waals surface area contributed by atoms with E-state index in [1.807, 2.05) is 0 Å². The van der Waals surface area contributed by atoms with Crippen molar-refractivity contribution >= 4 is 28.9 Å². The monoisotopic (exact) mass is 333 g/mol. The molecule has 0 bridgehead atoms. The van der Waals surface area contributed by atoms with Gasteiger partial charge in [0.25, 0.3) is 0 Å². The molecule has 2 aromatic rings. The molecule has 1 fully saturated rings. The van der Waals surface area contributed by atoms with Gasteiger partial charge in [-0.25, -0.2) is 15.0 Å². The fourth-order valence-corrected chi connectivity index (χ4v) is 3.14. The lowest BCUT2D eigenvalue weighted by molar-refractivity contribution is -0.146. The van der Waals surface area contributed by atoms with Crippen LogP contribution in [0.25, 0.3) is 11.2 Å². The Morgan fingerprint density at radius 1 is 1.33 bits per heavy atom. The molecule has 10 heteroatoms. The van der Waals surface area contributed by atoms with E-state index in [0.29, 0.717) is 17.6 Å². The van der Waals surface area contributed by atoms with E-state index in [1.165, 1.54) is 22.1 Å². The van der Waals surface area contributed by atoms with E-state index >= 15 is 0 Å². The van der Waals surface area contributed by atoms with Crippen LogP contribution in [0.2, 0.25) is 0 Å². The van der Waals surface area contributed by atoms with Gasteiger partial charge in [0, 0.05) is 12.1 Å². The summed E-state index contributed by atoms with van der Waals surface area (Å²) in [6.07, 6.45) is 5.11. The number of imidazole rings is 1. The van der Waals surface area contributed by atoms with Crippen molar-refractivity contribution in [3.8, 4) is 0 Å². The highest BCUT2D eigenvalue weighted by Gasteiger charge is 2.33. The van der Waals surface area contributed by atoms with Crippen LogP contribution >= 0.6 is 0 Å². The first-order valence-electron chi connectivity index (χ1n) is 7.65. The van der Waals surface area contributed by atoms with E-state index in [-0.39, 0.29) is 36.9 Å². The minimum absolute atomic E-state index is 0.0799. The molecule has 1 aliphatic rings. The average Bonchev–Trinajstić information content (AvgIpc) is 3.12. The molecule has 0 saturated heterocycles. The number of fused-ring (bicyclic) bond motifs is 1. The molecule has 1 aliphatic carbocycles. The molecular formula is C14H19N7O3. The normalized spacial score (nSPS) is 20.4. The summed E-state index contributed by atoms with van der Waals surface area (Å²) in [6, 6.07) is -0.464. The smallest absolute Gasteiger partial charge is 0.323 e. The van der Waals surface area contributed by atoms with E-state index in [2.05, 4.69) is 15.0 Å². The minimum Gasteiger partial charge on any atom is -0.480 e. The molecule has 1 amide bonds. The molecule has 24 heavy (non-hydrogen) atoms. The largest absolute Gasteiger partial charge is 0.480 e. The molecule has 5 N–H and O–H groups in total. The molecule has 0 unspecified atom stereocenters. The number of nitrogen functional groups attached to an aromatic ring is 1. The number of amides is 1. The third kappa shape index (κ3) is 3.00. The highest BCUT2D eigenvalue weighted by molar-refractivity contribution is 5.85. The van der Waals surface area contributed by atoms with Crippen molar-refractivity contribution in [3.05, 3.63) is 12.7 Å². The van der Waals surface area contributed by atoms with Gasteiger partial charge in [-0.2, -0.15) is 0 Å². The van der Waals surface area contributed by atoms with Gasteiger partial charge in [0.2, 0.25) is 5.91 Å². The van der Waals surface area contributed by atoms with Crippen molar-refractivity contribution in [1.29, 1.82) is 0 Å². The first-order valence-corrected chi connectivity index (χ1v) is 7.65. The number of carboxylic acid groups (broad SMARTS) is 1. The van der Waals surface area contributed by atoms with Gasteiger partial charge in [-0.1, -0.05) is 0 Å². The van der Waals surface area contributed by atoms with Crippen LogP contribution < -0.4 is 11.5 Å². The number of anilines is 1. The van der Waals surface area contributed by atoms with Gasteiger partial charge in [0.1, 0.15) is 24.9 Å². The lowest BCUT2D eigenvalue weighted by atomic mass is 10.1. The number of hydrogen-bond donors (Lipinski definition) is 3. The van der Waals surface area contributed by atoms with Crippen LogP contribution in [0.15, 0.2) is 12.7 Å². The predicted molar refractivity (Wildman–Crippen MR) is 84.7 cm³/mol. The molecule has 3 rings (SSSR count). The zero-order valence-electron chi connectivity index (χ0n) is 13.0. The summed E-state index contributed by atoms with van der Waals surface area (Å²) in [4.78, 5) is 37.2. The molecule has 10 nitrogen and oxygen atoms in total. The van der Waals surface area contributed by atoms with Crippen LogP contribution in [-0.4, -0.2) is 60.0 Å². The number of carbonyl (C=O) groups is 2. The zero-order valence-corrected chi connectivity index (χ0v) is 13.0. The number of rotatable bonds is 5. The van der Waals surface area contributed by atoms with Gasteiger partial charge in [-0.3, -0.25) is 9.59 Å². The van der Waals surface area contributed by atoms with Gasteiger partial charge in [0.05, 0.1) is 6.33 Å². The molecule has 0 spiro atoms. The van der Waals surface area contributed by atoms with Gasteiger partial charge in [0.15, 0.2) is 11.5 Å². The quantitative estimate of drug-likeness (QED) is 0.643. The third-order valence-electron chi connectivity index (χ3n) is 4.29. The number of carboxylic acids is 1. The Morgan fingerprint density at radius 3 is 2.79 bits per heavy atom. The van der Waals surface area contributed by atoms with Crippen LogP contribution in [0.4, 0.5) is 5.82 Å². The third-order valence-corrected chi connectivity index (χ3v) is 4.29. The lowest BCUT2D eigenvalue weighted by Gasteiger charge is -2.30. The number of carbonyl (C=O) groups excluding carboxylic acids is 1. The van der Waals surface area contributed by atoms with Crippen molar-refractivity contribution in [2.24, 2.45) is 5.73 Å². The minimum atomic E-state index is -1.07. The Bertz CT molecular complexity index is 775. The van der Waals surface area contributed by atoms with Crippen LogP contribution in [0.3, 0.4) is 0 Å². The van der Waals surface area contributed by atoms with Crippen molar-refractivity contribution in [3.63, 3.8) is 0 Å². The molecule has 2 atom stereocenters. The molecule has 1 saturated carbocycles. The van der Waals surface area contributed by atoms with Crippen molar-refractivity contribution in [2.75, 3.05) is 12.3 Å². The topological polar surface area (TPSA) is 153 Å². The second-order valence-corrected chi connectivity index (χ2v) is 5.88. The maximum absolute atomic E-state index is 12.7. The van der Waals surface area contributed by atoms with E-state index in [1.54, 1.807) is 0 Å². The average molecular weight is 333 g/mol. The molecule has 0 aromatic carbocycles. The summed E-state index contributed by atoms with van der Waals surface area (Å²) in [7, 11) is 0. The Labute approximate surface area is 137 Å². The molecule has 0 aliphatic heterocycles. The van der Waals surface area contributed by atoms with Gasteiger partial charge >= 0.3 is 5.97 Å². The number of hydrogen-bond acceptors (Lipinski definition) is 7. The van der Waals surface area contributed by atoms with Gasteiger partial charge in [-0.05, 0) is 19.3 Å². The zero-order chi connectivity index (χ0) is 17.3. The summed E-state index contributed by atoms with van der Waals surface area (Å²) >= 11 is 0. The Kier molecular flexibility index (Phi) is 4.30. The molecule has 2 heterocycles. The number of nitrogens with zero attached hydrogens (tertiary/aromatic N) is 5. The van der Waals surface area contributed by atoms with E-state index in [0.717, 1.165) is 12.8 Å². The van der Waals surface area contributed by atoms with E-state index < -0.39 is 5.97 Å². The highest BCUT2D eigenvalue weighted by Crippen LogP contribution is 2.23. The SMILES string of the molecule is Nc1ncnc2c1ncn2CC(=O)N(CC(=O)O)[C@H]1CCC[C@@H]1N. The number of aromatic nitrogens is 4. The van der Waals surface area contributed by atoms with Crippen LogP contribution in [0.1, 0.15) is 19.3 Å². The fraction of sp³-hybridized carbons (Fsp3) is 0.500. The van der Waals surface area contributed by atoms with Crippen LogP contribution in [-0.2, 0) is 16.1 Å². The second kappa shape index (κ2) is 6.40. The molecule has 2 aromatic heterocycles. The Morgan fingerprint density at radius 2 is 2.12 bits per heavy atom. The Balaban J connectivity index is 1.84. The number of nitrogens with two attached hydrogens (primary N) is 2. The maximum atomic E-state index is 12.7. The standard InChI is InChI=1S/C14H19N7O3/c15-8-2-1-3-9(8)21(5-11(23)24)10(22)4-20-7-19-12-13(16)17-6-18-14(12)20/h6-9H,1-5,15H2,(H,23,24)(H2,16,17,18)/t8-,9-/m0/s1. The van der Waals surface area contributed by atoms with Crippen molar-refractivity contribution in [1.82, 2.24) is 24.4 Å². The highest BCUT2D eigenvalue weighted by atomic mass is 16.4.